The van der Waals surface area contributed by atoms with Gasteiger partial charge < -0.3 is 15.0 Å². The van der Waals surface area contributed by atoms with Crippen molar-refractivity contribution in [2.45, 2.75) is 64.1 Å². The molecule has 230 valence electrons. The molecule has 0 saturated heterocycles. The molecule has 4 rings (SSSR count). The van der Waals surface area contributed by atoms with Crippen LogP contribution in [-0.2, 0) is 32.6 Å². The molecule has 1 saturated carbocycles. The first kappa shape index (κ1) is 32.0. The molecule has 1 aliphatic carbocycles. The minimum absolute atomic E-state index is 0.00730. The zero-order valence-corrected chi connectivity index (χ0v) is 25.6. The highest BCUT2D eigenvalue weighted by Gasteiger charge is 2.34. The Morgan fingerprint density at radius 2 is 1.58 bits per heavy atom. The van der Waals surface area contributed by atoms with Crippen LogP contribution in [-0.4, -0.2) is 56.6 Å². The van der Waals surface area contributed by atoms with E-state index in [1.165, 1.54) is 17.0 Å². The van der Waals surface area contributed by atoms with Crippen molar-refractivity contribution in [3.05, 3.63) is 95.8 Å². The molecule has 0 aliphatic heterocycles. The smallest absolute Gasteiger partial charge is 0.244 e. The molecule has 3 aromatic carbocycles. The molecule has 1 fully saturated rings. The van der Waals surface area contributed by atoms with E-state index in [4.69, 9.17) is 4.74 Å². The molecule has 0 unspecified atom stereocenters. The lowest BCUT2D eigenvalue weighted by atomic mass is 9.94. The van der Waals surface area contributed by atoms with Gasteiger partial charge in [0.15, 0.2) is 0 Å². The van der Waals surface area contributed by atoms with Crippen LogP contribution in [0.5, 0.6) is 5.75 Å². The van der Waals surface area contributed by atoms with Crippen molar-refractivity contribution >= 4 is 27.5 Å². The number of ether oxygens (including phenoxy) is 1. The van der Waals surface area contributed by atoms with Gasteiger partial charge in [-0.3, -0.25) is 13.9 Å². The molecular formula is C33H40FN3O5S. The van der Waals surface area contributed by atoms with Gasteiger partial charge in [-0.2, -0.15) is 0 Å². The van der Waals surface area contributed by atoms with Crippen LogP contribution >= 0.6 is 0 Å². The summed E-state index contributed by atoms with van der Waals surface area (Å²) in [5.74, 6) is -0.968. The van der Waals surface area contributed by atoms with Gasteiger partial charge in [-0.1, -0.05) is 73.9 Å². The molecule has 0 heterocycles. The van der Waals surface area contributed by atoms with Crippen molar-refractivity contribution in [2.24, 2.45) is 0 Å². The summed E-state index contributed by atoms with van der Waals surface area (Å²) in [7, 11) is -3.94. The first-order valence-electron chi connectivity index (χ1n) is 14.7. The lowest BCUT2D eigenvalue weighted by Crippen LogP contribution is -2.55. The Morgan fingerprint density at radius 3 is 2.23 bits per heavy atom. The van der Waals surface area contributed by atoms with Gasteiger partial charge >= 0.3 is 0 Å². The second kappa shape index (κ2) is 15.0. The third-order valence-corrected chi connectivity index (χ3v) is 8.73. The van der Waals surface area contributed by atoms with E-state index >= 15 is 0 Å². The van der Waals surface area contributed by atoms with Crippen LogP contribution in [0.2, 0.25) is 0 Å². The summed E-state index contributed by atoms with van der Waals surface area (Å²) in [5.41, 5.74) is 1.69. The van der Waals surface area contributed by atoms with Gasteiger partial charge in [0, 0.05) is 19.0 Å². The normalized spacial score (nSPS) is 14.5. The molecule has 10 heteroatoms. The van der Waals surface area contributed by atoms with E-state index in [-0.39, 0.29) is 30.6 Å². The van der Waals surface area contributed by atoms with Gasteiger partial charge in [-0.25, -0.2) is 12.8 Å². The third-order valence-electron chi connectivity index (χ3n) is 7.60. The van der Waals surface area contributed by atoms with Crippen molar-refractivity contribution < 1.29 is 27.1 Å². The second-order valence-corrected chi connectivity index (χ2v) is 12.8. The van der Waals surface area contributed by atoms with Crippen LogP contribution in [0.1, 0.15) is 50.2 Å². The number of carbonyl (C=O) groups excluding carboxylic acids is 2. The highest BCUT2D eigenvalue weighted by atomic mass is 32.2. The number of sulfonamides is 1. The summed E-state index contributed by atoms with van der Waals surface area (Å²) < 4.78 is 46.6. The van der Waals surface area contributed by atoms with Crippen LogP contribution in [0.25, 0.3) is 0 Å². The number of nitrogens with one attached hydrogen (secondary N) is 1. The SMILES string of the molecule is CCOc1ccccc1N(CC(=O)N(Cc1ccc(F)cc1)[C@@H](Cc1ccccc1)C(=O)NC1CCCCC1)S(C)(=O)=O. The van der Waals surface area contributed by atoms with Crippen molar-refractivity contribution in [3.8, 4) is 5.75 Å². The first-order valence-corrected chi connectivity index (χ1v) is 16.6. The van der Waals surface area contributed by atoms with Crippen molar-refractivity contribution in [1.29, 1.82) is 0 Å². The highest BCUT2D eigenvalue weighted by Crippen LogP contribution is 2.30. The molecule has 3 aromatic rings. The maximum Gasteiger partial charge on any atom is 0.244 e. The van der Waals surface area contributed by atoms with Gasteiger partial charge in [0.05, 0.1) is 18.6 Å². The van der Waals surface area contributed by atoms with Crippen molar-refractivity contribution in [2.75, 3.05) is 23.7 Å². The summed E-state index contributed by atoms with van der Waals surface area (Å²) in [6, 6.07) is 20.8. The first-order chi connectivity index (χ1) is 20.7. The Balaban J connectivity index is 1.73. The zero-order chi connectivity index (χ0) is 30.8. The number of anilines is 1. The number of amides is 2. The average Bonchev–Trinajstić information content (AvgIpc) is 2.99. The van der Waals surface area contributed by atoms with E-state index < -0.39 is 34.3 Å². The summed E-state index contributed by atoms with van der Waals surface area (Å²) in [4.78, 5) is 29.7. The minimum Gasteiger partial charge on any atom is -0.492 e. The Hall–Kier alpha value is -3.92. The largest absolute Gasteiger partial charge is 0.492 e. The number of para-hydroxylation sites is 2. The fourth-order valence-electron chi connectivity index (χ4n) is 5.42. The molecule has 0 spiro atoms. The molecule has 0 radical (unpaired) electrons. The second-order valence-electron chi connectivity index (χ2n) is 10.9. The van der Waals surface area contributed by atoms with Crippen LogP contribution in [0.3, 0.4) is 0 Å². The zero-order valence-electron chi connectivity index (χ0n) is 24.7. The van der Waals surface area contributed by atoms with Crippen LogP contribution in [0, 0.1) is 5.82 Å². The molecule has 2 amide bonds. The van der Waals surface area contributed by atoms with Gasteiger partial charge in [-0.15, -0.1) is 0 Å². The number of benzene rings is 3. The molecular weight excluding hydrogens is 569 g/mol. The fraction of sp³-hybridized carbons (Fsp3) is 0.394. The van der Waals surface area contributed by atoms with Crippen LogP contribution in [0.4, 0.5) is 10.1 Å². The number of carbonyl (C=O) groups is 2. The summed E-state index contributed by atoms with van der Waals surface area (Å²) in [5, 5.41) is 3.17. The maximum absolute atomic E-state index is 14.3. The lowest BCUT2D eigenvalue weighted by Gasteiger charge is -2.35. The quantitative estimate of drug-likeness (QED) is 0.292. The maximum atomic E-state index is 14.3. The van der Waals surface area contributed by atoms with Crippen molar-refractivity contribution in [1.82, 2.24) is 10.2 Å². The summed E-state index contributed by atoms with van der Waals surface area (Å²) in [6.45, 7) is 1.53. The van der Waals surface area contributed by atoms with Crippen LogP contribution in [0.15, 0.2) is 78.9 Å². The third kappa shape index (κ3) is 9.03. The molecule has 0 aromatic heterocycles. The minimum atomic E-state index is -3.94. The number of hydrogen-bond donors (Lipinski definition) is 1. The van der Waals surface area contributed by atoms with Crippen molar-refractivity contribution in [3.63, 3.8) is 0 Å². The van der Waals surface area contributed by atoms with E-state index in [1.807, 2.05) is 30.3 Å². The van der Waals surface area contributed by atoms with Gasteiger partial charge in [0.2, 0.25) is 21.8 Å². The number of halogens is 1. The van der Waals surface area contributed by atoms with Gasteiger partial charge in [-0.05, 0) is 55.2 Å². The molecule has 0 bridgehead atoms. The topological polar surface area (TPSA) is 96.0 Å². The Kier molecular flexibility index (Phi) is 11.2. The predicted octanol–water partition coefficient (Wildman–Crippen LogP) is 5.08. The number of nitrogens with zero attached hydrogens (tertiary/aromatic N) is 2. The lowest BCUT2D eigenvalue weighted by molar-refractivity contribution is -0.140. The Labute approximate surface area is 253 Å². The number of hydrogen-bond acceptors (Lipinski definition) is 5. The number of rotatable bonds is 13. The van der Waals surface area contributed by atoms with Gasteiger partial charge in [0.25, 0.3) is 0 Å². The van der Waals surface area contributed by atoms with Crippen LogP contribution < -0.4 is 14.4 Å². The van der Waals surface area contributed by atoms with Gasteiger partial charge in [0.1, 0.15) is 24.2 Å². The Morgan fingerprint density at radius 1 is 0.930 bits per heavy atom. The molecule has 1 atom stereocenters. The summed E-state index contributed by atoms with van der Waals surface area (Å²) >= 11 is 0. The molecule has 43 heavy (non-hydrogen) atoms. The van der Waals surface area contributed by atoms with E-state index in [0.717, 1.165) is 48.2 Å². The highest BCUT2D eigenvalue weighted by molar-refractivity contribution is 7.92. The Bertz CT molecular complexity index is 1460. The predicted molar refractivity (Wildman–Crippen MR) is 166 cm³/mol. The van der Waals surface area contributed by atoms with E-state index in [2.05, 4.69) is 5.32 Å². The monoisotopic (exact) mass is 609 g/mol. The summed E-state index contributed by atoms with van der Waals surface area (Å²) in [6.07, 6.45) is 6.16. The molecule has 8 nitrogen and oxygen atoms in total. The van der Waals surface area contributed by atoms with E-state index in [0.29, 0.717) is 17.9 Å². The van der Waals surface area contributed by atoms with E-state index in [1.54, 1.807) is 43.3 Å². The standard InChI is InChI=1S/C33H40FN3O5S/c1-3-42-31-17-11-10-16-29(31)37(43(2,40)41)24-32(38)36(23-26-18-20-27(34)21-19-26)30(22-25-12-6-4-7-13-25)33(39)35-28-14-8-5-9-15-28/h4,6-7,10-13,16-21,28,30H,3,5,8-9,14-15,22-24H2,1-2H3,(H,35,39)/t30-/m0/s1. The molecule has 1 N–H and O–H groups in total. The fourth-order valence-corrected chi connectivity index (χ4v) is 6.27. The average molecular weight is 610 g/mol. The van der Waals surface area contributed by atoms with E-state index in [9.17, 15) is 22.4 Å². The molecule has 1 aliphatic rings.